The molecule has 3 atom stereocenters. The molecule has 2 heterocycles. The van der Waals surface area contributed by atoms with Gasteiger partial charge in [0.1, 0.15) is 0 Å². The first-order valence-corrected chi connectivity index (χ1v) is 6.63. The van der Waals surface area contributed by atoms with Crippen molar-refractivity contribution in [3.8, 4) is 0 Å². The molecule has 2 heteroatoms. The van der Waals surface area contributed by atoms with Crippen LogP contribution in [0.25, 0.3) is 0 Å². The summed E-state index contributed by atoms with van der Waals surface area (Å²) in [5.41, 5.74) is 1.40. The van der Waals surface area contributed by atoms with Crippen molar-refractivity contribution in [1.29, 1.82) is 0 Å². The number of hydrogen-bond acceptors (Lipinski definition) is 2. The molecule has 0 N–H and O–H groups in total. The van der Waals surface area contributed by atoms with Crippen molar-refractivity contribution in [1.82, 2.24) is 9.88 Å². The molecule has 3 rings (SSSR count). The molecule has 0 saturated carbocycles. The van der Waals surface area contributed by atoms with Gasteiger partial charge in [-0.1, -0.05) is 12.2 Å². The van der Waals surface area contributed by atoms with Gasteiger partial charge in [-0.2, -0.15) is 0 Å². The highest BCUT2D eigenvalue weighted by molar-refractivity contribution is 5.15. The molecule has 1 fully saturated rings. The van der Waals surface area contributed by atoms with Crippen LogP contribution in [0.1, 0.15) is 31.4 Å². The first kappa shape index (κ1) is 11.0. The molecule has 1 aliphatic carbocycles. The van der Waals surface area contributed by atoms with E-state index < -0.39 is 0 Å². The van der Waals surface area contributed by atoms with Gasteiger partial charge in [-0.25, -0.2) is 0 Å². The molecule has 1 aromatic rings. The zero-order chi connectivity index (χ0) is 11.7. The summed E-state index contributed by atoms with van der Waals surface area (Å²) in [4.78, 5) is 6.73. The smallest absolute Gasteiger partial charge is 0.0321 e. The molecule has 0 spiro atoms. The minimum Gasteiger partial charge on any atom is -0.296 e. The lowest BCUT2D eigenvalue weighted by Crippen LogP contribution is -2.24. The van der Waals surface area contributed by atoms with Crippen LogP contribution in [0.2, 0.25) is 0 Å². The van der Waals surface area contributed by atoms with Crippen molar-refractivity contribution in [3.63, 3.8) is 0 Å². The Morgan fingerprint density at radius 1 is 1.12 bits per heavy atom. The fourth-order valence-corrected chi connectivity index (χ4v) is 3.22. The van der Waals surface area contributed by atoms with Crippen molar-refractivity contribution < 1.29 is 0 Å². The summed E-state index contributed by atoms with van der Waals surface area (Å²) in [6.45, 7) is 4.84. The van der Waals surface area contributed by atoms with Gasteiger partial charge in [0.2, 0.25) is 0 Å². The lowest BCUT2D eigenvalue weighted by molar-refractivity contribution is 0.249. The van der Waals surface area contributed by atoms with E-state index in [9.17, 15) is 0 Å². The Morgan fingerprint density at radius 3 is 2.29 bits per heavy atom. The second-order valence-corrected chi connectivity index (χ2v) is 5.37. The Morgan fingerprint density at radius 2 is 1.71 bits per heavy atom. The molecule has 2 aliphatic rings. The van der Waals surface area contributed by atoms with E-state index >= 15 is 0 Å². The summed E-state index contributed by atoms with van der Waals surface area (Å²) in [7, 11) is 0. The normalized spacial score (nSPS) is 30.2. The zero-order valence-electron chi connectivity index (χ0n) is 10.4. The second kappa shape index (κ2) is 4.61. The molecule has 0 amide bonds. The summed E-state index contributed by atoms with van der Waals surface area (Å²) in [5, 5.41) is 0. The minimum atomic E-state index is 0.531. The number of fused-ring (bicyclic) bond motifs is 1. The van der Waals surface area contributed by atoms with Gasteiger partial charge in [0.25, 0.3) is 0 Å². The van der Waals surface area contributed by atoms with E-state index in [1.807, 2.05) is 12.4 Å². The summed E-state index contributed by atoms with van der Waals surface area (Å²) in [6.07, 6.45) is 11.1. The maximum Gasteiger partial charge on any atom is 0.0321 e. The molecule has 0 radical (unpaired) electrons. The van der Waals surface area contributed by atoms with Crippen molar-refractivity contribution in [2.45, 2.75) is 25.8 Å². The maximum atomic E-state index is 4.10. The van der Waals surface area contributed by atoms with Gasteiger partial charge in [0.15, 0.2) is 0 Å². The molecule has 1 saturated heterocycles. The van der Waals surface area contributed by atoms with Crippen LogP contribution in [0.5, 0.6) is 0 Å². The van der Waals surface area contributed by atoms with Crippen LogP contribution in [-0.4, -0.2) is 23.0 Å². The van der Waals surface area contributed by atoms with E-state index in [0.717, 1.165) is 11.8 Å². The van der Waals surface area contributed by atoms with E-state index in [1.165, 1.54) is 31.5 Å². The molecule has 3 unspecified atom stereocenters. The Balaban J connectivity index is 1.71. The Bertz CT molecular complexity index is 383. The van der Waals surface area contributed by atoms with E-state index in [0.29, 0.717) is 6.04 Å². The molecule has 17 heavy (non-hydrogen) atoms. The number of hydrogen-bond donors (Lipinski definition) is 0. The van der Waals surface area contributed by atoms with Crippen LogP contribution in [0.15, 0.2) is 36.7 Å². The predicted octanol–water partition coefficient (Wildman–Crippen LogP) is 3.04. The second-order valence-electron chi connectivity index (χ2n) is 5.37. The number of nitrogens with zero attached hydrogens (tertiary/aromatic N) is 2. The Hall–Kier alpha value is -1.15. The van der Waals surface area contributed by atoms with Crippen LogP contribution in [0.3, 0.4) is 0 Å². The van der Waals surface area contributed by atoms with Crippen molar-refractivity contribution in [2.24, 2.45) is 11.8 Å². The summed E-state index contributed by atoms with van der Waals surface area (Å²) < 4.78 is 0. The number of pyridine rings is 1. The van der Waals surface area contributed by atoms with Crippen LogP contribution in [0.4, 0.5) is 0 Å². The van der Waals surface area contributed by atoms with Gasteiger partial charge in [0.05, 0.1) is 0 Å². The van der Waals surface area contributed by atoms with E-state index in [1.54, 1.807) is 0 Å². The van der Waals surface area contributed by atoms with Gasteiger partial charge >= 0.3 is 0 Å². The van der Waals surface area contributed by atoms with Crippen LogP contribution in [0, 0.1) is 11.8 Å². The van der Waals surface area contributed by atoms with E-state index in [-0.39, 0.29) is 0 Å². The SMILES string of the molecule is CC(c1ccncc1)N1CC2CC=CCC2C1. The molecule has 90 valence electrons. The lowest BCUT2D eigenvalue weighted by Gasteiger charge is -2.24. The van der Waals surface area contributed by atoms with Gasteiger partial charge in [-0.05, 0) is 49.3 Å². The molecule has 2 nitrogen and oxygen atoms in total. The molecular weight excluding hydrogens is 208 g/mol. The predicted molar refractivity (Wildman–Crippen MR) is 69.6 cm³/mol. The van der Waals surface area contributed by atoms with Crippen molar-refractivity contribution in [2.75, 3.05) is 13.1 Å². The number of allylic oxidation sites excluding steroid dienone is 2. The molecule has 1 aromatic heterocycles. The third-order valence-corrected chi connectivity index (χ3v) is 4.39. The van der Waals surface area contributed by atoms with Gasteiger partial charge < -0.3 is 0 Å². The topological polar surface area (TPSA) is 16.1 Å². The highest BCUT2D eigenvalue weighted by atomic mass is 15.2. The minimum absolute atomic E-state index is 0.531. The van der Waals surface area contributed by atoms with Crippen LogP contribution < -0.4 is 0 Å². The van der Waals surface area contributed by atoms with Crippen LogP contribution in [-0.2, 0) is 0 Å². The van der Waals surface area contributed by atoms with Crippen molar-refractivity contribution in [3.05, 3.63) is 42.2 Å². The standard InChI is InChI=1S/C15H20N2/c1-12(13-6-8-16-9-7-13)17-10-14-4-2-3-5-15(14)11-17/h2-3,6-9,12,14-15H,4-5,10-11H2,1H3. The van der Waals surface area contributed by atoms with Crippen molar-refractivity contribution >= 4 is 0 Å². The van der Waals surface area contributed by atoms with Gasteiger partial charge in [-0.3, -0.25) is 9.88 Å². The highest BCUT2D eigenvalue weighted by Crippen LogP contribution is 2.36. The zero-order valence-corrected chi connectivity index (χ0v) is 10.4. The monoisotopic (exact) mass is 228 g/mol. The largest absolute Gasteiger partial charge is 0.296 e. The van der Waals surface area contributed by atoms with Crippen LogP contribution >= 0.6 is 0 Å². The van der Waals surface area contributed by atoms with Gasteiger partial charge in [-0.15, -0.1) is 0 Å². The summed E-state index contributed by atoms with van der Waals surface area (Å²) in [6, 6.07) is 4.82. The molecule has 0 aromatic carbocycles. The van der Waals surface area contributed by atoms with Gasteiger partial charge in [0, 0.05) is 31.5 Å². The Labute approximate surface area is 103 Å². The third-order valence-electron chi connectivity index (χ3n) is 4.39. The molecule has 0 bridgehead atoms. The lowest BCUT2D eigenvalue weighted by atomic mass is 9.86. The number of likely N-dealkylation sites (tertiary alicyclic amines) is 1. The maximum absolute atomic E-state index is 4.10. The van der Waals surface area contributed by atoms with E-state index in [4.69, 9.17) is 0 Å². The highest BCUT2D eigenvalue weighted by Gasteiger charge is 2.34. The quantitative estimate of drug-likeness (QED) is 0.723. The first-order chi connectivity index (χ1) is 8.34. The molecule has 1 aliphatic heterocycles. The third kappa shape index (κ3) is 2.14. The first-order valence-electron chi connectivity index (χ1n) is 6.63. The summed E-state index contributed by atoms with van der Waals surface area (Å²) >= 11 is 0. The average molecular weight is 228 g/mol. The fourth-order valence-electron chi connectivity index (χ4n) is 3.22. The molecular formula is C15H20N2. The summed E-state index contributed by atoms with van der Waals surface area (Å²) in [5.74, 6) is 1.79. The number of aromatic nitrogens is 1. The average Bonchev–Trinajstić information content (AvgIpc) is 2.82. The van der Waals surface area contributed by atoms with E-state index in [2.05, 4.69) is 41.1 Å². The fraction of sp³-hybridized carbons (Fsp3) is 0.533. The number of rotatable bonds is 2. The Kier molecular flexibility index (Phi) is 2.98.